The van der Waals surface area contributed by atoms with Crippen LogP contribution in [0.1, 0.15) is 42.9 Å². The van der Waals surface area contributed by atoms with Crippen molar-refractivity contribution in [1.82, 2.24) is 14.2 Å². The number of aromatic nitrogens is 3. The highest BCUT2D eigenvalue weighted by molar-refractivity contribution is 7.10. The molecule has 2 rings (SSSR count). The summed E-state index contributed by atoms with van der Waals surface area (Å²) in [6.07, 6.45) is 0.656. The summed E-state index contributed by atoms with van der Waals surface area (Å²) in [6, 6.07) is 1.80. The van der Waals surface area contributed by atoms with Gasteiger partial charge in [0, 0.05) is 19.2 Å². The second-order valence-corrected chi connectivity index (χ2v) is 6.29. The zero-order chi connectivity index (χ0) is 17.9. The molecule has 0 saturated carbocycles. The van der Waals surface area contributed by atoms with Crippen molar-refractivity contribution in [2.75, 3.05) is 17.7 Å². The second-order valence-electron chi connectivity index (χ2n) is 5.51. The van der Waals surface area contributed by atoms with Crippen molar-refractivity contribution in [3.05, 3.63) is 23.5 Å². The van der Waals surface area contributed by atoms with Crippen LogP contribution in [0.5, 0.6) is 0 Å². The SMILES string of the molecule is CNc1snc(C)c1C(=O)O[C@H](C)C(=O)Nc1ccnn1C(C)C. The maximum Gasteiger partial charge on any atom is 0.343 e. The maximum atomic E-state index is 12.3. The average molecular weight is 351 g/mol. The van der Waals surface area contributed by atoms with Crippen LogP contribution in [-0.2, 0) is 9.53 Å². The molecular formula is C15H21N5O3S. The first-order chi connectivity index (χ1) is 11.3. The van der Waals surface area contributed by atoms with Gasteiger partial charge in [-0.05, 0) is 39.2 Å². The van der Waals surface area contributed by atoms with Crippen molar-refractivity contribution in [1.29, 1.82) is 0 Å². The van der Waals surface area contributed by atoms with Gasteiger partial charge in [-0.1, -0.05) is 0 Å². The third kappa shape index (κ3) is 3.73. The van der Waals surface area contributed by atoms with Gasteiger partial charge in [0.25, 0.3) is 5.91 Å². The molecule has 9 heteroatoms. The van der Waals surface area contributed by atoms with Gasteiger partial charge in [-0.15, -0.1) is 0 Å². The first-order valence-electron chi connectivity index (χ1n) is 7.54. The molecule has 0 radical (unpaired) electrons. The molecule has 130 valence electrons. The monoisotopic (exact) mass is 351 g/mol. The van der Waals surface area contributed by atoms with Gasteiger partial charge in [-0.3, -0.25) is 4.79 Å². The van der Waals surface area contributed by atoms with E-state index < -0.39 is 18.0 Å². The highest BCUT2D eigenvalue weighted by atomic mass is 32.1. The van der Waals surface area contributed by atoms with Crippen LogP contribution < -0.4 is 10.6 Å². The summed E-state index contributed by atoms with van der Waals surface area (Å²) in [5.41, 5.74) is 0.925. The first kappa shape index (κ1) is 17.9. The minimum Gasteiger partial charge on any atom is -0.449 e. The number of hydrogen-bond acceptors (Lipinski definition) is 7. The molecule has 8 nitrogen and oxygen atoms in total. The summed E-state index contributed by atoms with van der Waals surface area (Å²) < 4.78 is 11.1. The molecule has 24 heavy (non-hydrogen) atoms. The van der Waals surface area contributed by atoms with Crippen molar-refractivity contribution in [3.63, 3.8) is 0 Å². The fraction of sp³-hybridized carbons (Fsp3) is 0.467. The number of carbonyl (C=O) groups excluding carboxylic acids is 2. The third-order valence-electron chi connectivity index (χ3n) is 3.36. The van der Waals surface area contributed by atoms with Crippen molar-refractivity contribution >= 4 is 34.2 Å². The number of anilines is 2. The van der Waals surface area contributed by atoms with E-state index >= 15 is 0 Å². The molecule has 2 N–H and O–H groups in total. The minimum atomic E-state index is -0.947. The summed E-state index contributed by atoms with van der Waals surface area (Å²) in [5.74, 6) is -0.439. The molecule has 0 saturated heterocycles. The van der Waals surface area contributed by atoms with Gasteiger partial charge in [-0.25, -0.2) is 9.48 Å². The van der Waals surface area contributed by atoms with Crippen molar-refractivity contribution < 1.29 is 14.3 Å². The summed E-state index contributed by atoms with van der Waals surface area (Å²) >= 11 is 1.17. The van der Waals surface area contributed by atoms with E-state index in [2.05, 4.69) is 20.1 Å². The summed E-state index contributed by atoms with van der Waals surface area (Å²) in [5, 5.41) is 10.4. The predicted octanol–water partition coefficient (Wildman–Crippen LogP) is 2.45. The third-order valence-corrected chi connectivity index (χ3v) is 4.31. The standard InChI is InChI=1S/C15H21N5O3S/c1-8(2)20-11(6-7-17-20)18-13(21)10(4)23-15(22)12-9(3)19-24-14(12)16-5/h6-8,10,16H,1-5H3,(H,18,21)/t10-/m1/s1. The molecule has 0 bridgehead atoms. The number of hydrogen-bond donors (Lipinski definition) is 2. The minimum absolute atomic E-state index is 0.103. The van der Waals surface area contributed by atoms with Crippen molar-refractivity contribution in [3.8, 4) is 0 Å². The lowest BCUT2D eigenvalue weighted by molar-refractivity contribution is -0.123. The van der Waals surface area contributed by atoms with Crippen LogP contribution in [0.3, 0.4) is 0 Å². The van der Waals surface area contributed by atoms with Gasteiger partial charge >= 0.3 is 5.97 Å². The van der Waals surface area contributed by atoms with Gasteiger partial charge in [-0.2, -0.15) is 9.47 Å². The van der Waals surface area contributed by atoms with Crippen LogP contribution in [0.2, 0.25) is 0 Å². The van der Waals surface area contributed by atoms with Gasteiger partial charge in [0.2, 0.25) is 0 Å². The lowest BCUT2D eigenvalue weighted by Gasteiger charge is -2.16. The highest BCUT2D eigenvalue weighted by Gasteiger charge is 2.25. The lowest BCUT2D eigenvalue weighted by atomic mass is 10.2. The van der Waals surface area contributed by atoms with Gasteiger partial charge in [0.05, 0.1) is 11.9 Å². The van der Waals surface area contributed by atoms with Crippen molar-refractivity contribution in [2.45, 2.75) is 39.8 Å². The Morgan fingerprint density at radius 1 is 1.33 bits per heavy atom. The number of nitrogens with zero attached hydrogens (tertiary/aromatic N) is 3. The van der Waals surface area contributed by atoms with Crippen LogP contribution in [0.15, 0.2) is 12.3 Å². The van der Waals surface area contributed by atoms with Crippen molar-refractivity contribution in [2.24, 2.45) is 0 Å². The Labute approximate surface area is 144 Å². The molecule has 1 atom stereocenters. The van der Waals surface area contributed by atoms with Crippen LogP contribution >= 0.6 is 11.5 Å². The number of rotatable bonds is 6. The van der Waals surface area contributed by atoms with Crippen LogP contribution in [0.25, 0.3) is 0 Å². The molecule has 0 spiro atoms. The molecule has 2 heterocycles. The van der Waals surface area contributed by atoms with Crippen LogP contribution in [0.4, 0.5) is 10.8 Å². The summed E-state index contributed by atoms with van der Waals surface area (Å²) in [4.78, 5) is 24.6. The molecule has 0 unspecified atom stereocenters. The van der Waals surface area contributed by atoms with Crippen LogP contribution in [-0.4, -0.2) is 39.2 Å². The van der Waals surface area contributed by atoms with E-state index in [-0.39, 0.29) is 6.04 Å². The number of esters is 1. The zero-order valence-electron chi connectivity index (χ0n) is 14.3. The fourth-order valence-corrected chi connectivity index (χ4v) is 2.84. The molecular weight excluding hydrogens is 330 g/mol. The first-order valence-corrected chi connectivity index (χ1v) is 8.31. The number of nitrogens with one attached hydrogen (secondary N) is 2. The van der Waals surface area contributed by atoms with E-state index in [1.54, 1.807) is 30.9 Å². The average Bonchev–Trinajstić information content (AvgIpc) is 3.13. The Hall–Kier alpha value is -2.42. The highest BCUT2D eigenvalue weighted by Crippen LogP contribution is 2.25. The van der Waals surface area contributed by atoms with E-state index in [1.807, 2.05) is 13.8 Å². The Kier molecular flexibility index (Phi) is 5.55. The Morgan fingerprint density at radius 2 is 2.04 bits per heavy atom. The second kappa shape index (κ2) is 7.43. The lowest BCUT2D eigenvalue weighted by Crippen LogP contribution is -2.31. The quantitative estimate of drug-likeness (QED) is 0.776. The molecule has 2 aromatic rings. The van der Waals surface area contributed by atoms with Gasteiger partial charge < -0.3 is 15.4 Å². The molecule has 0 aliphatic heterocycles. The molecule has 1 amide bonds. The van der Waals surface area contributed by atoms with E-state index in [1.165, 1.54) is 18.5 Å². The molecule has 0 fully saturated rings. The fourth-order valence-electron chi connectivity index (χ4n) is 2.11. The molecule has 2 aromatic heterocycles. The van der Waals surface area contributed by atoms with E-state index in [0.717, 1.165) is 0 Å². The Bertz CT molecular complexity index is 737. The number of carbonyl (C=O) groups is 2. The number of aryl methyl sites for hydroxylation is 1. The largest absolute Gasteiger partial charge is 0.449 e. The van der Waals surface area contributed by atoms with E-state index in [0.29, 0.717) is 22.1 Å². The van der Waals surface area contributed by atoms with E-state index in [9.17, 15) is 9.59 Å². The Morgan fingerprint density at radius 3 is 2.67 bits per heavy atom. The van der Waals surface area contributed by atoms with E-state index in [4.69, 9.17) is 4.74 Å². The van der Waals surface area contributed by atoms with Gasteiger partial charge in [0.15, 0.2) is 6.10 Å². The predicted molar refractivity (Wildman–Crippen MR) is 92.5 cm³/mol. The topological polar surface area (TPSA) is 98.1 Å². The summed E-state index contributed by atoms with van der Waals surface area (Å²) in [7, 11) is 1.70. The maximum absolute atomic E-state index is 12.3. The normalized spacial score (nSPS) is 12.1. The molecule has 0 aromatic carbocycles. The number of ether oxygens (including phenoxy) is 1. The smallest absolute Gasteiger partial charge is 0.343 e. The number of amides is 1. The molecule has 0 aliphatic rings. The van der Waals surface area contributed by atoms with Gasteiger partial charge in [0.1, 0.15) is 16.4 Å². The van der Waals surface area contributed by atoms with Crippen LogP contribution in [0, 0.1) is 6.92 Å². The molecule has 0 aliphatic carbocycles. The zero-order valence-corrected chi connectivity index (χ0v) is 15.1. The Balaban J connectivity index is 2.05. The summed E-state index contributed by atoms with van der Waals surface area (Å²) in [6.45, 7) is 7.16.